The van der Waals surface area contributed by atoms with E-state index in [1.807, 2.05) is 60.3 Å². The van der Waals surface area contributed by atoms with Crippen molar-refractivity contribution in [3.8, 4) is 0 Å². The van der Waals surface area contributed by atoms with Gasteiger partial charge in [0.05, 0.1) is 0 Å². The lowest BCUT2D eigenvalue weighted by molar-refractivity contribution is 0.0934. The summed E-state index contributed by atoms with van der Waals surface area (Å²) < 4.78 is 5.76. The quantitative estimate of drug-likeness (QED) is 0.644. The van der Waals surface area contributed by atoms with E-state index in [-0.39, 0.29) is 5.91 Å². The van der Waals surface area contributed by atoms with Crippen molar-refractivity contribution in [1.82, 2.24) is 10.3 Å². The van der Waals surface area contributed by atoms with Gasteiger partial charge in [-0.05, 0) is 48.1 Å². The Labute approximate surface area is 161 Å². The predicted octanol–water partition coefficient (Wildman–Crippen LogP) is 4.75. The van der Waals surface area contributed by atoms with E-state index in [1.165, 1.54) is 11.8 Å². The van der Waals surface area contributed by atoms with Crippen molar-refractivity contribution < 1.29 is 9.21 Å². The van der Waals surface area contributed by atoms with Crippen molar-refractivity contribution in [2.75, 3.05) is 11.5 Å². The molecule has 1 amide bonds. The Bertz CT molecular complexity index is 870. The number of hydrogen-bond acceptors (Lipinski definition) is 5. The lowest BCUT2D eigenvalue weighted by Crippen LogP contribution is -2.37. The third-order valence-corrected chi connectivity index (χ3v) is 6.37. The van der Waals surface area contributed by atoms with Gasteiger partial charge in [-0.2, -0.15) is 11.8 Å². The molecule has 0 radical (unpaired) electrons. The number of nitrogens with zero attached hydrogens (tertiary/aromatic N) is 1. The molecule has 0 unspecified atom stereocenters. The summed E-state index contributed by atoms with van der Waals surface area (Å²) in [6, 6.07) is 15.8. The summed E-state index contributed by atoms with van der Waals surface area (Å²) in [6.07, 6.45) is 2.10. The molecule has 1 aromatic heterocycles. The SMILES string of the molecule is O=C(NC1CCSCC1)c1ccccc1CSc1nc2ccccc2o1. The molecule has 0 bridgehead atoms. The van der Waals surface area contributed by atoms with E-state index >= 15 is 0 Å². The monoisotopic (exact) mass is 384 g/mol. The van der Waals surface area contributed by atoms with Crippen LogP contribution in [0.2, 0.25) is 0 Å². The van der Waals surface area contributed by atoms with Gasteiger partial charge in [0.15, 0.2) is 5.58 Å². The molecule has 0 aliphatic carbocycles. The molecule has 1 saturated heterocycles. The molecule has 6 heteroatoms. The Morgan fingerprint density at radius 2 is 1.92 bits per heavy atom. The lowest BCUT2D eigenvalue weighted by atomic mass is 10.1. The summed E-state index contributed by atoms with van der Waals surface area (Å²) in [5.41, 5.74) is 3.39. The van der Waals surface area contributed by atoms with E-state index in [4.69, 9.17) is 4.42 Å². The van der Waals surface area contributed by atoms with E-state index in [2.05, 4.69) is 10.3 Å². The van der Waals surface area contributed by atoms with E-state index in [0.717, 1.165) is 46.6 Å². The number of thioether (sulfide) groups is 2. The van der Waals surface area contributed by atoms with E-state index in [9.17, 15) is 4.79 Å². The maximum Gasteiger partial charge on any atom is 0.257 e. The maximum absolute atomic E-state index is 12.7. The highest BCUT2D eigenvalue weighted by atomic mass is 32.2. The Kier molecular flexibility index (Phi) is 5.51. The van der Waals surface area contributed by atoms with Crippen LogP contribution < -0.4 is 5.32 Å². The van der Waals surface area contributed by atoms with Crippen LogP contribution in [0.3, 0.4) is 0 Å². The molecule has 0 spiro atoms. The van der Waals surface area contributed by atoms with Gasteiger partial charge >= 0.3 is 0 Å². The average Bonchev–Trinajstić information content (AvgIpc) is 3.10. The number of amides is 1. The van der Waals surface area contributed by atoms with Gasteiger partial charge in [0.25, 0.3) is 11.1 Å². The molecule has 1 aliphatic heterocycles. The van der Waals surface area contributed by atoms with E-state index in [1.54, 1.807) is 0 Å². The number of para-hydroxylation sites is 2. The van der Waals surface area contributed by atoms with Crippen LogP contribution in [0, 0.1) is 0 Å². The first-order valence-electron chi connectivity index (χ1n) is 8.74. The summed E-state index contributed by atoms with van der Waals surface area (Å²) in [7, 11) is 0. The zero-order valence-electron chi connectivity index (χ0n) is 14.3. The first kappa shape index (κ1) is 17.5. The van der Waals surface area contributed by atoms with Gasteiger partial charge in [-0.3, -0.25) is 4.79 Å². The number of oxazole rings is 1. The molecule has 4 rings (SSSR count). The number of benzene rings is 2. The van der Waals surface area contributed by atoms with Crippen molar-refractivity contribution >= 4 is 40.5 Å². The van der Waals surface area contributed by atoms with Crippen LogP contribution in [0.1, 0.15) is 28.8 Å². The fourth-order valence-electron chi connectivity index (χ4n) is 3.03. The first-order chi connectivity index (χ1) is 12.8. The largest absolute Gasteiger partial charge is 0.431 e. The van der Waals surface area contributed by atoms with Gasteiger partial charge in [-0.15, -0.1) is 0 Å². The minimum absolute atomic E-state index is 0.0238. The highest BCUT2D eigenvalue weighted by Crippen LogP contribution is 2.27. The van der Waals surface area contributed by atoms with Crippen molar-refractivity contribution in [2.24, 2.45) is 0 Å². The van der Waals surface area contributed by atoms with Crippen molar-refractivity contribution in [2.45, 2.75) is 29.9 Å². The van der Waals surface area contributed by atoms with Crippen LogP contribution in [0.4, 0.5) is 0 Å². The molecule has 1 fully saturated rings. The molecule has 2 aromatic carbocycles. The number of carbonyl (C=O) groups excluding carboxylic acids is 1. The summed E-state index contributed by atoms with van der Waals surface area (Å²) in [5, 5.41) is 3.82. The van der Waals surface area contributed by atoms with Gasteiger partial charge in [0.1, 0.15) is 5.52 Å². The van der Waals surface area contributed by atoms with Gasteiger partial charge in [-0.1, -0.05) is 42.1 Å². The van der Waals surface area contributed by atoms with Crippen molar-refractivity contribution in [1.29, 1.82) is 0 Å². The molecule has 2 heterocycles. The van der Waals surface area contributed by atoms with Gasteiger partial charge in [-0.25, -0.2) is 4.98 Å². The minimum atomic E-state index is 0.0238. The summed E-state index contributed by atoms with van der Waals surface area (Å²) in [6.45, 7) is 0. The Morgan fingerprint density at radius 3 is 2.77 bits per heavy atom. The van der Waals surface area contributed by atoms with Crippen LogP contribution in [0.25, 0.3) is 11.1 Å². The molecule has 134 valence electrons. The topological polar surface area (TPSA) is 55.1 Å². The predicted molar refractivity (Wildman–Crippen MR) is 108 cm³/mol. The van der Waals surface area contributed by atoms with Crippen LogP contribution in [0.5, 0.6) is 0 Å². The Hall–Kier alpha value is -1.92. The second-order valence-electron chi connectivity index (χ2n) is 6.25. The normalized spacial score (nSPS) is 15.2. The molecular weight excluding hydrogens is 364 g/mol. The summed E-state index contributed by atoms with van der Waals surface area (Å²) >= 11 is 3.48. The maximum atomic E-state index is 12.7. The number of nitrogens with one attached hydrogen (secondary N) is 1. The number of hydrogen-bond donors (Lipinski definition) is 1. The zero-order valence-corrected chi connectivity index (χ0v) is 15.9. The zero-order chi connectivity index (χ0) is 17.8. The fourth-order valence-corrected chi connectivity index (χ4v) is 4.97. The van der Waals surface area contributed by atoms with Crippen LogP contribution >= 0.6 is 23.5 Å². The van der Waals surface area contributed by atoms with Crippen LogP contribution in [0.15, 0.2) is 58.2 Å². The van der Waals surface area contributed by atoms with Crippen LogP contribution in [-0.4, -0.2) is 28.4 Å². The minimum Gasteiger partial charge on any atom is -0.431 e. The second kappa shape index (κ2) is 8.18. The highest BCUT2D eigenvalue weighted by Gasteiger charge is 2.19. The molecule has 0 atom stereocenters. The highest BCUT2D eigenvalue weighted by molar-refractivity contribution is 7.99. The molecule has 0 saturated carbocycles. The lowest BCUT2D eigenvalue weighted by Gasteiger charge is -2.23. The third kappa shape index (κ3) is 4.07. The second-order valence-corrected chi connectivity index (χ2v) is 8.40. The molecule has 26 heavy (non-hydrogen) atoms. The van der Waals surface area contributed by atoms with E-state index in [0.29, 0.717) is 17.0 Å². The molecule has 1 N–H and O–H groups in total. The molecule has 3 aromatic rings. The molecular formula is C20H20N2O2S2. The van der Waals surface area contributed by atoms with Gasteiger partial charge in [0.2, 0.25) is 0 Å². The standard InChI is InChI=1S/C20H20N2O2S2/c23-19(21-15-9-11-25-12-10-15)16-6-2-1-5-14(16)13-26-20-22-17-7-3-4-8-18(17)24-20/h1-8,15H,9-13H2,(H,21,23). The Balaban J connectivity index is 1.45. The number of aromatic nitrogens is 1. The third-order valence-electron chi connectivity index (χ3n) is 4.44. The molecule has 4 nitrogen and oxygen atoms in total. The smallest absolute Gasteiger partial charge is 0.257 e. The average molecular weight is 385 g/mol. The van der Waals surface area contributed by atoms with E-state index < -0.39 is 0 Å². The van der Waals surface area contributed by atoms with Gasteiger partial charge < -0.3 is 9.73 Å². The van der Waals surface area contributed by atoms with Crippen molar-refractivity contribution in [3.63, 3.8) is 0 Å². The number of rotatable bonds is 5. The number of carbonyl (C=O) groups is 1. The fraction of sp³-hybridized carbons (Fsp3) is 0.300. The molecule has 1 aliphatic rings. The van der Waals surface area contributed by atoms with Crippen molar-refractivity contribution in [3.05, 3.63) is 59.7 Å². The summed E-state index contributed by atoms with van der Waals surface area (Å²) in [4.78, 5) is 17.2. The Morgan fingerprint density at radius 1 is 1.15 bits per heavy atom. The first-order valence-corrected chi connectivity index (χ1v) is 10.9. The van der Waals surface area contributed by atoms with Crippen LogP contribution in [-0.2, 0) is 5.75 Å². The number of fused-ring (bicyclic) bond motifs is 1. The summed E-state index contributed by atoms with van der Waals surface area (Å²) in [5.74, 6) is 2.92. The van der Waals surface area contributed by atoms with Gasteiger partial charge in [0, 0.05) is 17.4 Å².